The molecule has 0 spiro atoms. The SMILES string of the molecule is COc1ccc(C(OC[C@H]2O[C@@H](n3cnc4nc(NC(=O)C(C)C)[nH]c(=O)c43)[C@H](OC(=O)C(C)C)[C@@H]2OC(=O)C(C)C)(c2ccccc2)c2ccc(OC)cc2)cc1. The summed E-state index contributed by atoms with van der Waals surface area (Å²) in [6.07, 6.45) is -3.45. The predicted molar refractivity (Wildman–Crippen MR) is 213 cm³/mol. The van der Waals surface area contributed by atoms with Crippen molar-refractivity contribution in [2.24, 2.45) is 17.8 Å². The number of fused-ring (bicyclic) bond motifs is 1. The van der Waals surface area contributed by atoms with Gasteiger partial charge in [0.2, 0.25) is 11.9 Å². The van der Waals surface area contributed by atoms with E-state index in [0.29, 0.717) is 11.5 Å². The molecule has 15 nitrogen and oxygen atoms in total. The monoisotopic (exact) mass is 795 g/mol. The highest BCUT2D eigenvalue weighted by Crippen LogP contribution is 2.44. The zero-order chi connectivity index (χ0) is 41.7. The molecule has 58 heavy (non-hydrogen) atoms. The number of H-pyrrole nitrogens is 1. The fraction of sp³-hybridized carbons (Fsp3) is 0.395. The van der Waals surface area contributed by atoms with Crippen LogP contribution in [0, 0.1) is 17.8 Å². The Kier molecular flexibility index (Phi) is 12.6. The Bertz CT molecular complexity index is 2220. The van der Waals surface area contributed by atoms with E-state index in [-0.39, 0.29) is 35.5 Å². The molecule has 4 atom stereocenters. The van der Waals surface area contributed by atoms with Crippen molar-refractivity contribution in [3.8, 4) is 11.5 Å². The first kappa shape index (κ1) is 41.6. The van der Waals surface area contributed by atoms with E-state index in [4.69, 9.17) is 28.4 Å². The molecule has 0 radical (unpaired) electrons. The minimum absolute atomic E-state index is 0.00197. The van der Waals surface area contributed by atoms with Gasteiger partial charge >= 0.3 is 11.9 Å². The molecule has 1 aliphatic rings. The van der Waals surface area contributed by atoms with Gasteiger partial charge in [0.05, 0.1) is 32.7 Å². The first-order chi connectivity index (χ1) is 27.8. The number of ether oxygens (including phenoxy) is 6. The van der Waals surface area contributed by atoms with Crippen LogP contribution in [0.5, 0.6) is 11.5 Å². The molecule has 3 aromatic carbocycles. The van der Waals surface area contributed by atoms with E-state index in [0.717, 1.165) is 16.7 Å². The Labute approximate surface area is 336 Å². The minimum Gasteiger partial charge on any atom is -0.497 e. The first-order valence-electron chi connectivity index (χ1n) is 19.1. The van der Waals surface area contributed by atoms with Gasteiger partial charge in [0.1, 0.15) is 29.5 Å². The number of carbonyl (C=O) groups excluding carboxylic acids is 3. The second kappa shape index (κ2) is 17.6. The molecule has 15 heteroatoms. The summed E-state index contributed by atoms with van der Waals surface area (Å²) >= 11 is 0. The van der Waals surface area contributed by atoms with Crippen molar-refractivity contribution in [2.45, 2.75) is 71.7 Å². The highest BCUT2D eigenvalue weighted by molar-refractivity contribution is 5.91. The van der Waals surface area contributed by atoms with Crippen molar-refractivity contribution in [1.29, 1.82) is 0 Å². The predicted octanol–water partition coefficient (Wildman–Crippen LogP) is 5.77. The maximum atomic E-state index is 13.7. The number of nitrogens with zero attached hydrogens (tertiary/aromatic N) is 3. The molecule has 1 aliphatic heterocycles. The number of amides is 1. The van der Waals surface area contributed by atoms with E-state index in [1.54, 1.807) is 55.8 Å². The van der Waals surface area contributed by atoms with Crippen molar-refractivity contribution >= 4 is 35.0 Å². The number of anilines is 1. The average Bonchev–Trinajstić information content (AvgIpc) is 3.79. The summed E-state index contributed by atoms with van der Waals surface area (Å²) in [5.41, 5.74) is 0.320. The van der Waals surface area contributed by atoms with E-state index < -0.39 is 59.5 Å². The number of aromatic nitrogens is 4. The zero-order valence-corrected chi connectivity index (χ0v) is 33.8. The van der Waals surface area contributed by atoms with Gasteiger partial charge in [-0.25, -0.2) is 4.98 Å². The van der Waals surface area contributed by atoms with Gasteiger partial charge in [0.15, 0.2) is 29.6 Å². The number of nitrogens with one attached hydrogen (secondary N) is 2. The molecule has 6 rings (SSSR count). The number of esters is 2. The van der Waals surface area contributed by atoms with Crippen LogP contribution in [-0.2, 0) is 38.9 Å². The van der Waals surface area contributed by atoms with Gasteiger partial charge in [0, 0.05) is 5.92 Å². The van der Waals surface area contributed by atoms with Gasteiger partial charge < -0.3 is 28.4 Å². The molecule has 2 N–H and O–H groups in total. The van der Waals surface area contributed by atoms with Gasteiger partial charge in [-0.3, -0.25) is 34.0 Å². The fourth-order valence-corrected chi connectivity index (χ4v) is 6.62. The van der Waals surface area contributed by atoms with E-state index >= 15 is 0 Å². The molecule has 3 heterocycles. The fourth-order valence-electron chi connectivity index (χ4n) is 6.62. The third-order valence-corrected chi connectivity index (χ3v) is 9.85. The number of imidazole rings is 1. The third-order valence-electron chi connectivity index (χ3n) is 9.85. The number of hydrogen-bond acceptors (Lipinski definition) is 12. The maximum absolute atomic E-state index is 13.7. The normalized spacial score (nSPS) is 18.1. The van der Waals surface area contributed by atoms with Gasteiger partial charge in [-0.15, -0.1) is 0 Å². The summed E-state index contributed by atoms with van der Waals surface area (Å²) in [6, 6.07) is 24.6. The lowest BCUT2D eigenvalue weighted by Gasteiger charge is -2.37. The van der Waals surface area contributed by atoms with Crippen LogP contribution in [-0.4, -0.2) is 76.5 Å². The summed E-state index contributed by atoms with van der Waals surface area (Å²) in [6.45, 7) is 9.93. The van der Waals surface area contributed by atoms with Crippen molar-refractivity contribution in [1.82, 2.24) is 19.5 Å². The Morgan fingerprint density at radius 1 is 0.776 bits per heavy atom. The maximum Gasteiger partial charge on any atom is 0.308 e. The molecule has 2 aromatic heterocycles. The average molecular weight is 796 g/mol. The Hall–Kier alpha value is -6.06. The number of aromatic amines is 1. The lowest BCUT2D eigenvalue weighted by Crippen LogP contribution is -2.44. The van der Waals surface area contributed by atoms with Crippen LogP contribution < -0.4 is 20.3 Å². The van der Waals surface area contributed by atoms with E-state index in [1.807, 2.05) is 78.9 Å². The highest BCUT2D eigenvalue weighted by atomic mass is 16.7. The lowest BCUT2D eigenvalue weighted by molar-refractivity contribution is -0.173. The van der Waals surface area contributed by atoms with Crippen LogP contribution in [0.4, 0.5) is 5.95 Å². The van der Waals surface area contributed by atoms with E-state index in [2.05, 4.69) is 20.3 Å². The number of methoxy groups -OCH3 is 2. The van der Waals surface area contributed by atoms with E-state index in [9.17, 15) is 19.2 Å². The van der Waals surface area contributed by atoms with Crippen LogP contribution >= 0.6 is 0 Å². The quantitative estimate of drug-likeness (QED) is 0.0966. The van der Waals surface area contributed by atoms with Crippen LogP contribution in [0.3, 0.4) is 0 Å². The molecule has 0 aliphatic carbocycles. The molecule has 1 saturated heterocycles. The summed E-state index contributed by atoms with van der Waals surface area (Å²) in [4.78, 5) is 64.2. The van der Waals surface area contributed by atoms with Gasteiger partial charge in [-0.05, 0) is 41.0 Å². The number of benzene rings is 3. The molecule has 5 aromatic rings. The second-order valence-corrected chi connectivity index (χ2v) is 14.9. The second-order valence-electron chi connectivity index (χ2n) is 14.9. The molecular formula is C43H49N5O10. The molecular weight excluding hydrogens is 746 g/mol. The lowest BCUT2D eigenvalue weighted by atomic mass is 9.80. The van der Waals surface area contributed by atoms with Crippen molar-refractivity contribution in [3.05, 3.63) is 112 Å². The summed E-state index contributed by atoms with van der Waals surface area (Å²) < 4.78 is 38.5. The van der Waals surface area contributed by atoms with Crippen molar-refractivity contribution < 1.29 is 42.8 Å². The van der Waals surface area contributed by atoms with Gasteiger partial charge in [0.25, 0.3) is 5.56 Å². The van der Waals surface area contributed by atoms with Gasteiger partial charge in [-0.1, -0.05) is 96.1 Å². The molecule has 0 saturated carbocycles. The zero-order valence-electron chi connectivity index (χ0n) is 33.8. The van der Waals surface area contributed by atoms with Crippen LogP contribution in [0.15, 0.2) is 90.0 Å². The summed E-state index contributed by atoms with van der Waals surface area (Å²) in [5, 5.41) is 2.59. The van der Waals surface area contributed by atoms with Gasteiger partial charge in [-0.2, -0.15) is 4.98 Å². The van der Waals surface area contributed by atoms with Crippen LogP contribution in [0.25, 0.3) is 11.2 Å². The van der Waals surface area contributed by atoms with Crippen molar-refractivity contribution in [3.63, 3.8) is 0 Å². The number of rotatable bonds is 15. The summed E-state index contributed by atoms with van der Waals surface area (Å²) in [7, 11) is 3.18. The topological polar surface area (TPSA) is 182 Å². The van der Waals surface area contributed by atoms with Crippen LogP contribution in [0.2, 0.25) is 0 Å². The molecule has 0 unspecified atom stereocenters. The number of carbonyl (C=O) groups is 3. The summed E-state index contributed by atoms with van der Waals surface area (Å²) in [5.74, 6) is -1.79. The highest BCUT2D eigenvalue weighted by Gasteiger charge is 2.53. The molecule has 0 bridgehead atoms. The first-order valence-corrected chi connectivity index (χ1v) is 19.1. The molecule has 1 fully saturated rings. The minimum atomic E-state index is -1.28. The van der Waals surface area contributed by atoms with Crippen molar-refractivity contribution in [2.75, 3.05) is 26.1 Å². The van der Waals surface area contributed by atoms with Crippen LogP contribution in [0.1, 0.15) is 64.5 Å². The Morgan fingerprint density at radius 2 is 1.31 bits per heavy atom. The Morgan fingerprint density at radius 3 is 1.83 bits per heavy atom. The molecule has 306 valence electrons. The molecule has 1 amide bonds. The number of hydrogen-bond donors (Lipinski definition) is 2. The largest absolute Gasteiger partial charge is 0.497 e. The third kappa shape index (κ3) is 8.46. The standard InChI is InChI=1S/C43H49N5O10/c1-24(2)37(49)46-42-45-36-33(38(50)47-42)48(23-44-36)39-35(58-41(52)26(5)6)34(57-40(51)25(3)4)32(56-39)22-55-43(27-12-10-9-11-13-27,28-14-18-30(53-7)19-15-28)29-16-20-31(54-8)21-17-29/h9-21,23-26,32,34-35,39H,22H2,1-8H3,(H2,45,46,47,49,50)/t32-,34-,35-,39-/m1/s1. The smallest absolute Gasteiger partial charge is 0.308 e. The Balaban J connectivity index is 1.48. The van der Waals surface area contributed by atoms with E-state index in [1.165, 1.54) is 10.9 Å².